The zero-order valence-corrected chi connectivity index (χ0v) is 17.5. The summed E-state index contributed by atoms with van der Waals surface area (Å²) in [5, 5.41) is 0. The van der Waals surface area contributed by atoms with Crippen molar-refractivity contribution in [3.63, 3.8) is 0 Å². The van der Waals surface area contributed by atoms with Gasteiger partial charge in [-0.05, 0) is 24.0 Å². The Morgan fingerprint density at radius 1 is 0.806 bits per heavy atom. The van der Waals surface area contributed by atoms with Gasteiger partial charge in [0.2, 0.25) is 0 Å². The topological polar surface area (TPSA) is 72.9 Å². The number of piperidine rings is 3. The minimum Gasteiger partial charge on any atom is -0.463 e. The van der Waals surface area contributed by atoms with Crippen molar-refractivity contribution >= 4 is 17.7 Å². The second kappa shape index (κ2) is 9.43. The zero-order chi connectivity index (χ0) is 21.7. The average molecular weight is 421 g/mol. The number of rotatable bonds is 8. The average Bonchev–Trinajstić information content (AvgIpc) is 2.80. The summed E-state index contributed by atoms with van der Waals surface area (Å²) in [6.07, 6.45) is 1.89. The fraction of sp³-hybridized carbons (Fsp3) is 0.400. The molecule has 0 unspecified atom stereocenters. The molecule has 0 atom stereocenters. The van der Waals surface area contributed by atoms with Gasteiger partial charge < -0.3 is 9.47 Å². The van der Waals surface area contributed by atoms with E-state index in [0.29, 0.717) is 0 Å². The molecule has 31 heavy (non-hydrogen) atoms. The van der Waals surface area contributed by atoms with Crippen molar-refractivity contribution in [2.75, 3.05) is 26.3 Å². The third kappa shape index (κ3) is 4.85. The van der Waals surface area contributed by atoms with Gasteiger partial charge in [0, 0.05) is 19.0 Å². The standard InChI is InChI=1S/C25H27NO5/c27-22(15-19-7-3-1-4-8-19)30-17-25(24(29)21-11-13-26(25)14-12-21)18-31-23(28)16-20-9-5-2-6-10-20/h1-10,21H,11-18H2. The quantitative estimate of drug-likeness (QED) is 0.610. The molecule has 0 spiro atoms. The highest BCUT2D eigenvalue weighted by Crippen LogP contribution is 2.37. The number of nitrogens with zero attached hydrogens (tertiary/aromatic N) is 1. The molecule has 162 valence electrons. The monoisotopic (exact) mass is 421 g/mol. The lowest BCUT2D eigenvalue weighted by Crippen LogP contribution is -2.69. The van der Waals surface area contributed by atoms with Crippen molar-refractivity contribution in [1.29, 1.82) is 0 Å². The van der Waals surface area contributed by atoms with Crippen molar-refractivity contribution in [1.82, 2.24) is 4.90 Å². The summed E-state index contributed by atoms with van der Waals surface area (Å²) in [6.45, 7) is 1.30. The Kier molecular flexibility index (Phi) is 6.47. The zero-order valence-electron chi connectivity index (χ0n) is 17.5. The first kappa shape index (κ1) is 21.2. The van der Waals surface area contributed by atoms with Gasteiger partial charge in [0.05, 0.1) is 12.8 Å². The third-order valence-corrected chi connectivity index (χ3v) is 6.26. The first-order chi connectivity index (χ1) is 15.1. The Labute approximate surface area is 182 Å². The number of carbonyl (C=O) groups excluding carboxylic acids is 3. The van der Waals surface area contributed by atoms with Crippen molar-refractivity contribution in [3.8, 4) is 0 Å². The first-order valence-electron chi connectivity index (χ1n) is 10.8. The molecule has 0 N–H and O–H groups in total. The van der Waals surface area contributed by atoms with Gasteiger partial charge >= 0.3 is 11.9 Å². The van der Waals surface area contributed by atoms with Crippen LogP contribution in [0.3, 0.4) is 0 Å². The van der Waals surface area contributed by atoms with E-state index < -0.39 is 17.5 Å². The third-order valence-electron chi connectivity index (χ3n) is 6.26. The molecule has 0 radical (unpaired) electrons. The lowest BCUT2D eigenvalue weighted by Gasteiger charge is -2.51. The van der Waals surface area contributed by atoms with Gasteiger partial charge in [0.15, 0.2) is 5.78 Å². The van der Waals surface area contributed by atoms with Crippen LogP contribution in [0.25, 0.3) is 0 Å². The van der Waals surface area contributed by atoms with Gasteiger partial charge in [-0.15, -0.1) is 0 Å². The summed E-state index contributed by atoms with van der Waals surface area (Å²) in [5.74, 6) is -0.830. The fourth-order valence-corrected chi connectivity index (χ4v) is 4.50. The smallest absolute Gasteiger partial charge is 0.310 e. The molecular formula is C25H27NO5. The van der Waals surface area contributed by atoms with Crippen molar-refractivity contribution in [3.05, 3.63) is 71.8 Å². The maximum Gasteiger partial charge on any atom is 0.310 e. The summed E-state index contributed by atoms with van der Waals surface area (Å²) >= 11 is 0. The van der Waals surface area contributed by atoms with Crippen LogP contribution < -0.4 is 0 Å². The molecule has 5 rings (SSSR count). The number of ketones is 1. The highest BCUT2D eigenvalue weighted by atomic mass is 16.5. The van der Waals surface area contributed by atoms with Crippen molar-refractivity contribution in [2.24, 2.45) is 5.92 Å². The summed E-state index contributed by atoms with van der Waals surface area (Å²) < 4.78 is 11.1. The molecule has 2 bridgehead atoms. The molecule has 0 amide bonds. The number of fused-ring (bicyclic) bond motifs is 3. The van der Waals surface area contributed by atoms with E-state index in [4.69, 9.17) is 9.47 Å². The van der Waals surface area contributed by atoms with Gasteiger partial charge in [-0.25, -0.2) is 0 Å². The minimum absolute atomic E-state index is 0.0185. The highest BCUT2D eigenvalue weighted by Gasteiger charge is 2.54. The number of Topliss-reactive ketones (excluding diaryl/α,β-unsaturated/α-hetero) is 1. The number of hydrogen-bond acceptors (Lipinski definition) is 6. The minimum atomic E-state index is -1.08. The molecule has 6 nitrogen and oxygen atoms in total. The van der Waals surface area contributed by atoms with Gasteiger partial charge in [-0.3, -0.25) is 19.3 Å². The molecule has 3 aliphatic heterocycles. The Morgan fingerprint density at radius 2 is 1.26 bits per heavy atom. The maximum atomic E-state index is 13.2. The Balaban J connectivity index is 1.42. The highest BCUT2D eigenvalue weighted by molar-refractivity contribution is 5.93. The summed E-state index contributed by atoms with van der Waals surface area (Å²) in [6, 6.07) is 18.7. The van der Waals surface area contributed by atoms with E-state index in [9.17, 15) is 14.4 Å². The Morgan fingerprint density at radius 3 is 1.68 bits per heavy atom. The van der Waals surface area contributed by atoms with E-state index in [1.807, 2.05) is 65.6 Å². The van der Waals surface area contributed by atoms with Crippen LogP contribution in [0.4, 0.5) is 0 Å². The molecule has 6 heteroatoms. The van der Waals surface area contributed by atoms with Gasteiger partial charge in [0.25, 0.3) is 0 Å². The SMILES string of the molecule is O=C(Cc1ccccc1)OCC1(COC(=O)Cc2ccccc2)C(=O)C2CCN1CC2. The molecule has 0 aliphatic carbocycles. The predicted molar refractivity (Wildman–Crippen MR) is 114 cm³/mol. The molecule has 2 aromatic carbocycles. The van der Waals surface area contributed by atoms with Gasteiger partial charge in [-0.2, -0.15) is 0 Å². The molecule has 3 aliphatic rings. The van der Waals surface area contributed by atoms with Crippen molar-refractivity contribution in [2.45, 2.75) is 31.2 Å². The number of ether oxygens (including phenoxy) is 2. The van der Waals surface area contributed by atoms with Crippen LogP contribution in [-0.4, -0.2) is 54.5 Å². The summed E-state index contributed by atoms with van der Waals surface area (Å²) in [5.41, 5.74) is 0.625. The molecule has 2 aromatic rings. The number of hydrogen-bond donors (Lipinski definition) is 0. The van der Waals surface area contributed by atoms with Crippen molar-refractivity contribution < 1.29 is 23.9 Å². The lowest BCUT2D eigenvalue weighted by molar-refractivity contribution is -0.172. The number of benzene rings is 2. The van der Waals surface area contributed by atoms with Crippen LogP contribution in [0.15, 0.2) is 60.7 Å². The van der Waals surface area contributed by atoms with Crippen LogP contribution in [-0.2, 0) is 36.7 Å². The van der Waals surface area contributed by atoms with Crippen LogP contribution in [0.2, 0.25) is 0 Å². The van der Waals surface area contributed by atoms with E-state index >= 15 is 0 Å². The molecule has 3 heterocycles. The molecular weight excluding hydrogens is 394 g/mol. The molecule has 0 saturated carbocycles. The largest absolute Gasteiger partial charge is 0.463 e. The summed E-state index contributed by atoms with van der Waals surface area (Å²) in [4.78, 5) is 40.1. The number of esters is 2. The van der Waals surface area contributed by atoms with Crippen LogP contribution >= 0.6 is 0 Å². The molecule has 3 saturated heterocycles. The van der Waals surface area contributed by atoms with E-state index in [1.54, 1.807) is 0 Å². The maximum absolute atomic E-state index is 13.2. The second-order valence-electron chi connectivity index (χ2n) is 8.30. The van der Waals surface area contributed by atoms with Crippen LogP contribution in [0.5, 0.6) is 0 Å². The Bertz CT molecular complexity index is 862. The van der Waals surface area contributed by atoms with E-state index in [0.717, 1.165) is 37.1 Å². The Hall–Kier alpha value is -2.99. The van der Waals surface area contributed by atoms with Gasteiger partial charge in [0.1, 0.15) is 18.8 Å². The van der Waals surface area contributed by atoms with E-state index in [2.05, 4.69) is 0 Å². The second-order valence-corrected chi connectivity index (χ2v) is 8.30. The van der Waals surface area contributed by atoms with E-state index in [-0.39, 0.29) is 37.8 Å². The number of carbonyl (C=O) groups is 3. The van der Waals surface area contributed by atoms with Crippen LogP contribution in [0, 0.1) is 5.92 Å². The van der Waals surface area contributed by atoms with Crippen LogP contribution in [0.1, 0.15) is 24.0 Å². The lowest BCUT2D eigenvalue weighted by atomic mass is 9.74. The predicted octanol–water partition coefficient (Wildman–Crippen LogP) is 2.59. The van der Waals surface area contributed by atoms with E-state index in [1.165, 1.54) is 0 Å². The fourth-order valence-electron chi connectivity index (χ4n) is 4.50. The molecule has 0 aromatic heterocycles. The first-order valence-corrected chi connectivity index (χ1v) is 10.8. The van der Waals surface area contributed by atoms with Gasteiger partial charge in [-0.1, -0.05) is 60.7 Å². The summed E-state index contributed by atoms with van der Waals surface area (Å²) in [7, 11) is 0. The molecule has 3 fully saturated rings. The normalized spacial score (nSPS) is 21.5.